The number of piperidine rings is 1. The van der Waals surface area contributed by atoms with Crippen LogP contribution in [0.1, 0.15) is 36.5 Å². The maximum absolute atomic E-state index is 10.3. The smallest absolute Gasteiger partial charge is 0.231 e. The first-order valence-electron chi connectivity index (χ1n) is 13.4. The van der Waals surface area contributed by atoms with E-state index in [2.05, 4.69) is 79.7 Å². The van der Waals surface area contributed by atoms with Crippen LogP contribution in [0.25, 0.3) is 0 Å². The summed E-state index contributed by atoms with van der Waals surface area (Å²) in [6.07, 6.45) is 2.90. The van der Waals surface area contributed by atoms with Gasteiger partial charge in [-0.3, -0.25) is 0 Å². The second-order valence-electron chi connectivity index (χ2n) is 11.1. The molecule has 184 valence electrons. The third-order valence-corrected chi connectivity index (χ3v) is 9.11. The predicted molar refractivity (Wildman–Crippen MR) is 140 cm³/mol. The third-order valence-electron chi connectivity index (χ3n) is 9.11. The van der Waals surface area contributed by atoms with Crippen molar-refractivity contribution in [3.05, 3.63) is 95.6 Å². The number of quaternary nitrogens is 1. The average molecular weight is 480 g/mol. The summed E-state index contributed by atoms with van der Waals surface area (Å²) in [5, 5.41) is 10.3. The lowest BCUT2D eigenvalue weighted by molar-refractivity contribution is -0.934. The Morgan fingerprint density at radius 3 is 2.28 bits per heavy atom. The van der Waals surface area contributed by atoms with Crippen molar-refractivity contribution in [1.29, 1.82) is 5.26 Å². The molecule has 3 aliphatic rings. The van der Waals surface area contributed by atoms with E-state index in [0.717, 1.165) is 60.2 Å². The van der Waals surface area contributed by atoms with Gasteiger partial charge in [0.05, 0.1) is 31.1 Å². The summed E-state index contributed by atoms with van der Waals surface area (Å²) in [4.78, 5) is 0. The molecule has 2 aliphatic heterocycles. The number of fused-ring (bicyclic) bond motifs is 2. The van der Waals surface area contributed by atoms with Gasteiger partial charge in [-0.2, -0.15) is 5.26 Å². The van der Waals surface area contributed by atoms with Gasteiger partial charge >= 0.3 is 0 Å². The molecule has 0 spiro atoms. The maximum Gasteiger partial charge on any atom is 0.231 e. The van der Waals surface area contributed by atoms with E-state index in [-0.39, 0.29) is 5.41 Å². The van der Waals surface area contributed by atoms with E-state index in [0.29, 0.717) is 12.7 Å². The van der Waals surface area contributed by atoms with Crippen molar-refractivity contribution in [2.45, 2.75) is 38.1 Å². The second kappa shape index (κ2) is 9.30. The van der Waals surface area contributed by atoms with Gasteiger partial charge < -0.3 is 14.0 Å². The first-order valence-corrected chi connectivity index (χ1v) is 13.4. The van der Waals surface area contributed by atoms with Crippen LogP contribution in [0.15, 0.2) is 78.9 Å². The van der Waals surface area contributed by atoms with Crippen molar-refractivity contribution < 1.29 is 14.0 Å². The van der Waals surface area contributed by atoms with Gasteiger partial charge in [-0.05, 0) is 42.0 Å². The second-order valence-corrected chi connectivity index (χ2v) is 11.1. The summed E-state index contributed by atoms with van der Waals surface area (Å²) in [5.41, 5.74) is 3.57. The van der Waals surface area contributed by atoms with Gasteiger partial charge in [-0.15, -0.1) is 0 Å². The van der Waals surface area contributed by atoms with Gasteiger partial charge in [-0.1, -0.05) is 73.7 Å². The number of hydrogen-bond donors (Lipinski definition) is 0. The highest BCUT2D eigenvalue weighted by Gasteiger charge is 2.64. The molecule has 3 aromatic carbocycles. The van der Waals surface area contributed by atoms with Crippen molar-refractivity contribution in [2.75, 3.05) is 26.4 Å². The van der Waals surface area contributed by atoms with E-state index in [1.165, 1.54) is 29.8 Å². The lowest BCUT2D eigenvalue weighted by Crippen LogP contribution is -2.49. The Labute approximate surface area is 214 Å². The Hall–Kier alpha value is -3.29. The molecule has 1 aliphatic carbocycles. The van der Waals surface area contributed by atoms with Crippen LogP contribution in [0.3, 0.4) is 0 Å². The van der Waals surface area contributed by atoms with Crippen LogP contribution in [-0.4, -0.2) is 30.9 Å². The van der Waals surface area contributed by atoms with Gasteiger partial charge in [0.25, 0.3) is 0 Å². The van der Waals surface area contributed by atoms with E-state index in [1.54, 1.807) is 0 Å². The number of benzene rings is 3. The topological polar surface area (TPSA) is 42.2 Å². The fraction of sp³-hybridized carbons (Fsp3) is 0.406. The van der Waals surface area contributed by atoms with Crippen LogP contribution >= 0.6 is 0 Å². The first-order chi connectivity index (χ1) is 17.6. The van der Waals surface area contributed by atoms with E-state index in [4.69, 9.17) is 9.47 Å². The predicted octanol–water partition coefficient (Wildman–Crippen LogP) is 6.11. The van der Waals surface area contributed by atoms with Gasteiger partial charge in [0.1, 0.15) is 6.54 Å². The number of ether oxygens (including phenoxy) is 2. The maximum atomic E-state index is 10.3. The molecule has 4 heteroatoms. The minimum atomic E-state index is -0.363. The zero-order chi connectivity index (χ0) is 24.6. The highest BCUT2D eigenvalue weighted by atomic mass is 16.7. The van der Waals surface area contributed by atoms with Crippen molar-refractivity contribution in [3.8, 4) is 17.6 Å². The van der Waals surface area contributed by atoms with E-state index < -0.39 is 0 Å². The zero-order valence-electron chi connectivity index (χ0n) is 21.1. The Kier molecular flexibility index (Phi) is 5.97. The molecule has 36 heavy (non-hydrogen) atoms. The molecule has 0 amide bonds. The van der Waals surface area contributed by atoms with Gasteiger partial charge in [0.15, 0.2) is 11.5 Å². The van der Waals surface area contributed by atoms with E-state index in [1.807, 2.05) is 12.1 Å². The van der Waals surface area contributed by atoms with Gasteiger partial charge in [0, 0.05) is 23.8 Å². The summed E-state index contributed by atoms with van der Waals surface area (Å²) < 4.78 is 12.3. The average Bonchev–Trinajstić information content (AvgIpc) is 3.26. The molecule has 3 aromatic rings. The Bertz CT molecular complexity index is 1240. The fourth-order valence-corrected chi connectivity index (χ4v) is 6.98. The monoisotopic (exact) mass is 479 g/mol. The lowest BCUT2D eigenvalue weighted by atomic mass is 9.74. The molecule has 0 aromatic heterocycles. The molecular weight excluding hydrogens is 444 g/mol. The van der Waals surface area contributed by atoms with Crippen molar-refractivity contribution in [1.82, 2.24) is 0 Å². The van der Waals surface area contributed by atoms with Crippen LogP contribution < -0.4 is 9.47 Å². The molecule has 4 nitrogen and oxygen atoms in total. The summed E-state index contributed by atoms with van der Waals surface area (Å²) in [6, 6.07) is 30.6. The quantitative estimate of drug-likeness (QED) is 0.348. The number of hydrogen-bond acceptors (Lipinski definition) is 3. The SMILES string of the molecule is CCC(C#N)(CC1C2C[N+](CCc3ccc4c(c3)OCO4)(Cc3ccccc3)CC12)c1ccccc1. The third kappa shape index (κ3) is 4.27. The van der Waals surface area contributed by atoms with Crippen molar-refractivity contribution in [3.63, 3.8) is 0 Å². The Balaban J connectivity index is 1.18. The van der Waals surface area contributed by atoms with Crippen LogP contribution in [0.5, 0.6) is 11.5 Å². The van der Waals surface area contributed by atoms with Crippen LogP contribution in [0, 0.1) is 29.1 Å². The summed E-state index contributed by atoms with van der Waals surface area (Å²) in [7, 11) is 0. The van der Waals surface area contributed by atoms with E-state index >= 15 is 0 Å². The molecule has 2 heterocycles. The minimum absolute atomic E-state index is 0.322. The summed E-state index contributed by atoms with van der Waals surface area (Å²) in [5.74, 6) is 3.85. The minimum Gasteiger partial charge on any atom is -0.454 e. The molecule has 0 radical (unpaired) electrons. The Morgan fingerprint density at radius 1 is 0.889 bits per heavy atom. The summed E-state index contributed by atoms with van der Waals surface area (Å²) >= 11 is 0. The molecule has 0 bridgehead atoms. The van der Waals surface area contributed by atoms with Gasteiger partial charge in [-0.25, -0.2) is 0 Å². The number of nitrogens with zero attached hydrogens (tertiary/aromatic N) is 2. The number of nitriles is 1. The highest BCUT2D eigenvalue weighted by molar-refractivity contribution is 5.44. The van der Waals surface area contributed by atoms with Crippen molar-refractivity contribution >= 4 is 0 Å². The van der Waals surface area contributed by atoms with E-state index in [9.17, 15) is 5.26 Å². The van der Waals surface area contributed by atoms with Crippen LogP contribution in [0.2, 0.25) is 0 Å². The first kappa shape index (κ1) is 23.1. The molecule has 1 saturated carbocycles. The number of likely N-dealkylation sites (tertiary alicyclic amines) is 1. The molecule has 3 unspecified atom stereocenters. The summed E-state index contributed by atoms with van der Waals surface area (Å²) in [6.45, 7) is 7.15. The normalized spacial score (nSPS) is 27.2. The van der Waals surface area contributed by atoms with Crippen molar-refractivity contribution in [2.24, 2.45) is 17.8 Å². The standard InChI is InChI=1S/C32H35N2O2/c1-2-32(22-33,26-11-7-4-8-12-26)18-27-28-20-34(21-29(27)28,19-25-9-5-3-6-10-25)16-15-24-13-14-30-31(17-24)36-23-35-30/h3-14,17,27-29H,2,15-16,18-21,23H2,1H3/q+1. The molecule has 3 atom stereocenters. The largest absolute Gasteiger partial charge is 0.454 e. The highest BCUT2D eigenvalue weighted by Crippen LogP contribution is 2.59. The van der Waals surface area contributed by atoms with Gasteiger partial charge in [0.2, 0.25) is 6.79 Å². The fourth-order valence-electron chi connectivity index (χ4n) is 6.98. The molecule has 2 fully saturated rings. The lowest BCUT2D eigenvalue weighted by Gasteiger charge is -2.38. The zero-order valence-corrected chi connectivity index (χ0v) is 21.1. The molecular formula is C32H35N2O2+. The molecule has 0 N–H and O–H groups in total. The van der Waals surface area contributed by atoms with Crippen LogP contribution in [-0.2, 0) is 18.4 Å². The number of rotatable bonds is 9. The van der Waals surface area contributed by atoms with Crippen LogP contribution in [0.4, 0.5) is 0 Å². The molecule has 6 rings (SSSR count). The molecule has 1 saturated heterocycles. The Morgan fingerprint density at radius 2 is 1.58 bits per heavy atom.